The Labute approximate surface area is 395 Å². The first-order valence-electron chi connectivity index (χ1n) is 24.6. The number of aliphatic hydroxyl groups excluding tert-OH is 3. The molecule has 9 atom stereocenters. The SMILES string of the molecule is CCCCC[C@@H]1C=C[C@@H](CCCCC[C@H](C(=O)O)[C@H](O)CC[C@]2(O)C[C@H](Cc3ccnc(N)c3)C[C@H]2[C@H](O)c2cc(-c3ccccc3)c(-c3cc(O)cc(O)c3Cc3ccccc3)[nH]2)[C@H](O)C1. The summed E-state index contributed by atoms with van der Waals surface area (Å²) < 4.78 is 0. The third-order valence-electron chi connectivity index (χ3n) is 14.7. The van der Waals surface area contributed by atoms with Crippen LogP contribution in [0.4, 0.5) is 5.82 Å². The van der Waals surface area contributed by atoms with Gasteiger partial charge in [0.1, 0.15) is 17.3 Å². The van der Waals surface area contributed by atoms with Gasteiger partial charge in [0.15, 0.2) is 0 Å². The monoisotopic (exact) mass is 914 g/mol. The molecule has 2 aliphatic carbocycles. The molecule has 67 heavy (non-hydrogen) atoms. The van der Waals surface area contributed by atoms with Crippen molar-refractivity contribution in [2.75, 3.05) is 5.73 Å². The van der Waals surface area contributed by atoms with Crippen LogP contribution in [0.15, 0.2) is 109 Å². The van der Waals surface area contributed by atoms with Crippen LogP contribution in [0.5, 0.6) is 11.5 Å². The molecule has 3 aromatic carbocycles. The summed E-state index contributed by atoms with van der Waals surface area (Å²) in [6, 6.07) is 27.9. The highest BCUT2D eigenvalue weighted by atomic mass is 16.4. The van der Waals surface area contributed by atoms with E-state index in [2.05, 4.69) is 29.0 Å². The number of allylic oxidation sites excluding steroid dienone is 1. The molecule has 11 heteroatoms. The van der Waals surface area contributed by atoms with Crippen LogP contribution in [0, 0.1) is 29.6 Å². The van der Waals surface area contributed by atoms with Gasteiger partial charge in [0.25, 0.3) is 0 Å². The molecule has 0 amide bonds. The van der Waals surface area contributed by atoms with Gasteiger partial charge in [-0.15, -0.1) is 0 Å². The van der Waals surface area contributed by atoms with E-state index in [0.717, 1.165) is 54.4 Å². The standard InChI is InChI=1S/C56H71N3O8/c1-2-3-7-14-37-21-22-41(50(62)30-37)19-12-6-13-20-43(55(65)66)49(61)23-25-56(67)35-39(27-38-24-26-58-52(57)31-38)29-47(56)54(64)48-34-44(40-17-10-5-11-18-40)53(59-48)46-32-42(60)33-51(63)45(46)28-36-15-8-4-9-16-36/h4-5,8-11,15-18,21-22,24,26,31-34,37,39,41,43,47,49-50,54,59-64,67H,2-3,6-7,12-14,19-20,23,25,27-30,35H2,1H3,(H2,57,58)(H,65,66)/t37-,39-,41-,43+,47+,49-,50-,54+,56+/m1/s1. The average molecular weight is 914 g/mol. The van der Waals surface area contributed by atoms with Crippen molar-refractivity contribution in [3.05, 3.63) is 132 Å². The Kier molecular flexibility index (Phi) is 17.0. The molecule has 2 heterocycles. The molecule has 5 aromatic rings. The molecule has 10 N–H and O–H groups in total. The molecule has 2 aliphatic rings. The summed E-state index contributed by atoms with van der Waals surface area (Å²) in [6.45, 7) is 2.20. The van der Waals surface area contributed by atoms with Crippen LogP contribution in [-0.4, -0.2) is 69.5 Å². The Hall–Kier alpha value is -5.46. The van der Waals surface area contributed by atoms with Gasteiger partial charge in [-0.25, -0.2) is 4.98 Å². The fourth-order valence-corrected chi connectivity index (χ4v) is 11.0. The second-order valence-corrected chi connectivity index (χ2v) is 19.6. The number of benzene rings is 3. The van der Waals surface area contributed by atoms with Crippen molar-refractivity contribution >= 4 is 11.8 Å². The zero-order chi connectivity index (χ0) is 47.5. The molecule has 358 valence electrons. The van der Waals surface area contributed by atoms with Crippen LogP contribution >= 0.6 is 0 Å². The molecule has 0 spiro atoms. The summed E-state index contributed by atoms with van der Waals surface area (Å²) in [7, 11) is 0. The lowest BCUT2D eigenvalue weighted by atomic mass is 9.79. The van der Waals surface area contributed by atoms with Crippen LogP contribution in [0.2, 0.25) is 0 Å². The lowest BCUT2D eigenvalue weighted by Gasteiger charge is -2.34. The lowest BCUT2D eigenvalue weighted by Crippen LogP contribution is -2.39. The third-order valence-corrected chi connectivity index (χ3v) is 14.7. The molecule has 2 aromatic heterocycles. The summed E-state index contributed by atoms with van der Waals surface area (Å²) in [5, 5.41) is 80.1. The number of pyridine rings is 1. The number of hydrogen-bond acceptors (Lipinski definition) is 9. The summed E-state index contributed by atoms with van der Waals surface area (Å²) in [5.74, 6) is -2.14. The smallest absolute Gasteiger partial charge is 0.309 e. The minimum atomic E-state index is -1.48. The third kappa shape index (κ3) is 12.8. The van der Waals surface area contributed by atoms with Crippen molar-refractivity contribution in [3.63, 3.8) is 0 Å². The van der Waals surface area contributed by atoms with E-state index in [1.54, 1.807) is 12.3 Å². The number of aliphatic carboxylic acids is 1. The van der Waals surface area contributed by atoms with Crippen LogP contribution in [0.3, 0.4) is 0 Å². The predicted octanol–water partition coefficient (Wildman–Crippen LogP) is 10.3. The molecule has 1 fully saturated rings. The molecular weight excluding hydrogens is 843 g/mol. The number of phenolic OH excluding ortho intramolecular Hbond substituents is 2. The first kappa shape index (κ1) is 49.4. The van der Waals surface area contributed by atoms with E-state index in [0.29, 0.717) is 72.8 Å². The van der Waals surface area contributed by atoms with Gasteiger partial charge in [0.05, 0.1) is 35.5 Å². The molecule has 0 bridgehead atoms. The zero-order valence-electron chi connectivity index (χ0n) is 38.9. The number of aromatic hydroxyl groups is 2. The number of nitrogens with one attached hydrogen (secondary N) is 1. The maximum absolute atomic E-state index is 12.7. The number of carboxylic acid groups (broad SMARTS) is 1. The van der Waals surface area contributed by atoms with Gasteiger partial charge in [-0.05, 0) is 111 Å². The summed E-state index contributed by atoms with van der Waals surface area (Å²) >= 11 is 0. The second-order valence-electron chi connectivity index (χ2n) is 19.6. The van der Waals surface area contributed by atoms with Crippen molar-refractivity contribution in [2.24, 2.45) is 29.6 Å². The predicted molar refractivity (Wildman–Crippen MR) is 263 cm³/mol. The van der Waals surface area contributed by atoms with Crippen molar-refractivity contribution < 1.29 is 40.5 Å². The zero-order valence-corrected chi connectivity index (χ0v) is 38.9. The van der Waals surface area contributed by atoms with Crippen LogP contribution in [-0.2, 0) is 17.6 Å². The quantitative estimate of drug-likeness (QED) is 0.0223. The van der Waals surface area contributed by atoms with Gasteiger partial charge in [-0.2, -0.15) is 0 Å². The fraction of sp³-hybridized carbons (Fsp3) is 0.464. The molecule has 11 nitrogen and oxygen atoms in total. The summed E-state index contributed by atoms with van der Waals surface area (Å²) in [5.41, 5.74) is 10.2. The molecule has 0 radical (unpaired) electrons. The van der Waals surface area contributed by atoms with Gasteiger partial charge in [-0.3, -0.25) is 4.79 Å². The van der Waals surface area contributed by atoms with E-state index in [9.17, 15) is 40.5 Å². The minimum Gasteiger partial charge on any atom is -0.508 e. The van der Waals surface area contributed by atoms with Crippen LogP contribution < -0.4 is 5.73 Å². The lowest BCUT2D eigenvalue weighted by molar-refractivity contribution is -0.147. The van der Waals surface area contributed by atoms with E-state index < -0.39 is 35.6 Å². The van der Waals surface area contributed by atoms with Gasteiger partial charge in [0.2, 0.25) is 0 Å². The molecule has 0 saturated heterocycles. The number of aliphatic hydroxyl groups is 4. The van der Waals surface area contributed by atoms with Crippen molar-refractivity contribution in [3.8, 4) is 33.9 Å². The van der Waals surface area contributed by atoms with Crippen molar-refractivity contribution in [2.45, 2.75) is 134 Å². The number of hydrogen-bond donors (Lipinski definition) is 9. The molecule has 0 unspecified atom stereocenters. The number of nitrogen functional groups attached to an aromatic ring is 1. The highest BCUT2D eigenvalue weighted by Gasteiger charge is 2.50. The number of H-pyrrole nitrogens is 1. The largest absolute Gasteiger partial charge is 0.508 e. The Balaban J connectivity index is 1.09. The molecular formula is C56H71N3O8. The van der Waals surface area contributed by atoms with Gasteiger partial charge >= 0.3 is 5.97 Å². The number of carbonyl (C=O) groups is 1. The highest BCUT2D eigenvalue weighted by molar-refractivity contribution is 5.85. The van der Waals surface area contributed by atoms with E-state index in [1.165, 1.54) is 25.3 Å². The van der Waals surface area contributed by atoms with E-state index in [-0.39, 0.29) is 42.3 Å². The van der Waals surface area contributed by atoms with E-state index in [4.69, 9.17) is 5.73 Å². The number of aromatic amines is 1. The number of unbranched alkanes of at least 4 members (excludes halogenated alkanes) is 4. The number of phenols is 2. The first-order valence-corrected chi connectivity index (χ1v) is 24.6. The maximum Gasteiger partial charge on any atom is 0.309 e. The number of carboxylic acids is 1. The van der Waals surface area contributed by atoms with Crippen LogP contribution in [0.25, 0.3) is 22.4 Å². The Bertz CT molecular complexity index is 2390. The van der Waals surface area contributed by atoms with Crippen molar-refractivity contribution in [1.29, 1.82) is 0 Å². The topological polar surface area (TPSA) is 213 Å². The Morgan fingerprint density at radius 1 is 0.851 bits per heavy atom. The highest BCUT2D eigenvalue weighted by Crippen LogP contribution is 2.51. The molecule has 1 saturated carbocycles. The van der Waals surface area contributed by atoms with Crippen LogP contribution in [0.1, 0.15) is 125 Å². The van der Waals surface area contributed by atoms with E-state index in [1.807, 2.05) is 78.9 Å². The van der Waals surface area contributed by atoms with Gasteiger partial charge in [-0.1, -0.05) is 118 Å². The van der Waals surface area contributed by atoms with E-state index >= 15 is 0 Å². The number of rotatable bonds is 23. The minimum absolute atomic E-state index is 0.0285. The molecule has 0 aliphatic heterocycles. The van der Waals surface area contributed by atoms with Crippen molar-refractivity contribution in [1.82, 2.24) is 9.97 Å². The summed E-state index contributed by atoms with van der Waals surface area (Å²) in [6.07, 6.45) is 14.0. The second kappa shape index (κ2) is 23.0. The Morgan fingerprint density at radius 2 is 1.60 bits per heavy atom. The molecule has 7 rings (SSSR count). The summed E-state index contributed by atoms with van der Waals surface area (Å²) in [4.78, 5) is 20.2. The normalized spacial score (nSPS) is 23.0. The number of aromatic nitrogens is 2. The van der Waals surface area contributed by atoms with Gasteiger partial charge in [0, 0.05) is 52.9 Å². The maximum atomic E-state index is 12.7. The Morgan fingerprint density at radius 3 is 2.31 bits per heavy atom. The number of nitrogens with zero attached hydrogens (tertiary/aromatic N) is 1. The van der Waals surface area contributed by atoms with Gasteiger partial charge < -0.3 is 46.5 Å². The number of nitrogens with two attached hydrogens (primary N) is 1. The first-order chi connectivity index (χ1) is 32.3. The fourth-order valence-electron chi connectivity index (χ4n) is 11.0. The number of anilines is 1. The average Bonchev–Trinajstić information content (AvgIpc) is 3.90.